The van der Waals surface area contributed by atoms with Gasteiger partial charge in [0.15, 0.2) is 11.6 Å². The first-order valence-electron chi connectivity index (χ1n) is 4.76. The third-order valence-corrected chi connectivity index (χ3v) is 3.08. The third kappa shape index (κ3) is 3.23. The molecule has 0 aliphatic heterocycles. The van der Waals surface area contributed by atoms with Gasteiger partial charge in [0.05, 0.1) is 11.3 Å². The van der Waals surface area contributed by atoms with E-state index in [1.165, 1.54) is 25.6 Å². The zero-order valence-electron chi connectivity index (χ0n) is 9.48. The molecule has 0 aromatic carbocycles. The summed E-state index contributed by atoms with van der Waals surface area (Å²) < 4.78 is 9.57. The van der Waals surface area contributed by atoms with Crippen LogP contribution in [0.5, 0.6) is 0 Å². The van der Waals surface area contributed by atoms with Gasteiger partial charge in [-0.25, -0.2) is 0 Å². The average molecular weight is 242 g/mol. The van der Waals surface area contributed by atoms with Crippen molar-refractivity contribution < 1.29 is 19.1 Å². The van der Waals surface area contributed by atoms with Gasteiger partial charge in [-0.2, -0.15) is 0 Å². The summed E-state index contributed by atoms with van der Waals surface area (Å²) in [5.41, 5.74) is 0. The fourth-order valence-electron chi connectivity index (χ4n) is 1.27. The van der Waals surface area contributed by atoms with Crippen LogP contribution in [0, 0.1) is 6.92 Å². The first-order valence-corrected chi connectivity index (χ1v) is 5.58. The van der Waals surface area contributed by atoms with Gasteiger partial charge in [-0.05, 0) is 19.1 Å². The second-order valence-electron chi connectivity index (χ2n) is 3.28. The predicted molar refractivity (Wildman–Crippen MR) is 60.8 cm³/mol. The van der Waals surface area contributed by atoms with Crippen LogP contribution < -0.4 is 0 Å². The molecule has 0 radical (unpaired) electrons. The molecular formula is C11H14O4S. The van der Waals surface area contributed by atoms with Crippen molar-refractivity contribution in [1.82, 2.24) is 0 Å². The zero-order chi connectivity index (χ0) is 12.1. The maximum atomic E-state index is 11.7. The Morgan fingerprint density at radius 1 is 1.31 bits per heavy atom. The molecule has 0 N–H and O–H groups in total. The van der Waals surface area contributed by atoms with Gasteiger partial charge in [0, 0.05) is 19.1 Å². The molecule has 0 atom stereocenters. The van der Waals surface area contributed by atoms with E-state index in [0.717, 1.165) is 4.88 Å². The number of thiophene rings is 1. The fraction of sp³-hybridized carbons (Fsp3) is 0.455. The molecular weight excluding hydrogens is 228 g/mol. The topological polar surface area (TPSA) is 52.6 Å². The number of methoxy groups -OCH3 is 2. The average Bonchev–Trinajstić information content (AvgIpc) is 2.66. The van der Waals surface area contributed by atoms with Gasteiger partial charge >= 0.3 is 0 Å². The summed E-state index contributed by atoms with van der Waals surface area (Å²) in [5, 5.41) is 0. The maximum absolute atomic E-state index is 11.7. The molecule has 1 rings (SSSR count). The lowest BCUT2D eigenvalue weighted by Crippen LogP contribution is -2.26. The third-order valence-electron chi connectivity index (χ3n) is 2.04. The van der Waals surface area contributed by atoms with Gasteiger partial charge in [0.1, 0.15) is 0 Å². The number of ketones is 2. The van der Waals surface area contributed by atoms with E-state index >= 15 is 0 Å². The number of aryl methyl sites for hydroxylation is 1. The monoisotopic (exact) mass is 242 g/mol. The minimum atomic E-state index is -0.954. The summed E-state index contributed by atoms with van der Waals surface area (Å²) >= 11 is 1.38. The highest BCUT2D eigenvalue weighted by atomic mass is 32.1. The molecule has 0 fully saturated rings. The molecule has 1 aromatic rings. The maximum Gasteiger partial charge on any atom is 0.217 e. The second kappa shape index (κ2) is 5.89. The standard InChI is InChI=1S/C11H14O4S/c1-7-4-5-10(16-7)8(12)6-9(13)11(14-2)15-3/h4-5,11H,6H2,1-3H3. The number of Topliss-reactive ketones (excluding diaryl/α,β-unsaturated/α-hetero) is 2. The van der Waals surface area contributed by atoms with Crippen molar-refractivity contribution in [2.45, 2.75) is 19.6 Å². The van der Waals surface area contributed by atoms with Crippen molar-refractivity contribution >= 4 is 22.9 Å². The normalized spacial score (nSPS) is 10.8. The Morgan fingerprint density at radius 2 is 1.94 bits per heavy atom. The number of ether oxygens (including phenoxy) is 2. The van der Waals surface area contributed by atoms with E-state index in [1.807, 2.05) is 13.0 Å². The molecule has 0 amide bonds. The van der Waals surface area contributed by atoms with Crippen molar-refractivity contribution in [3.63, 3.8) is 0 Å². The highest BCUT2D eigenvalue weighted by Crippen LogP contribution is 2.17. The molecule has 88 valence electrons. The largest absolute Gasteiger partial charge is 0.349 e. The van der Waals surface area contributed by atoms with Gasteiger partial charge in [-0.15, -0.1) is 11.3 Å². The summed E-state index contributed by atoms with van der Waals surface area (Å²) in [4.78, 5) is 24.9. The lowest BCUT2D eigenvalue weighted by molar-refractivity contribution is -0.155. The number of carbonyl (C=O) groups is 2. The Bertz CT molecular complexity index is 379. The number of hydrogen-bond donors (Lipinski definition) is 0. The van der Waals surface area contributed by atoms with Crippen LogP contribution in [0.15, 0.2) is 12.1 Å². The van der Waals surface area contributed by atoms with E-state index < -0.39 is 6.29 Å². The van der Waals surface area contributed by atoms with Crippen LogP contribution in [0.2, 0.25) is 0 Å². The van der Waals surface area contributed by atoms with Crippen molar-refractivity contribution in [2.24, 2.45) is 0 Å². The van der Waals surface area contributed by atoms with E-state index in [1.54, 1.807) is 6.07 Å². The Balaban J connectivity index is 2.61. The lowest BCUT2D eigenvalue weighted by Gasteiger charge is -2.10. The van der Waals surface area contributed by atoms with Crippen LogP contribution in [-0.4, -0.2) is 32.1 Å². The van der Waals surface area contributed by atoms with Gasteiger partial charge in [-0.3, -0.25) is 9.59 Å². The van der Waals surface area contributed by atoms with Gasteiger partial charge in [0.2, 0.25) is 6.29 Å². The highest BCUT2D eigenvalue weighted by Gasteiger charge is 2.21. The van der Waals surface area contributed by atoms with E-state index in [4.69, 9.17) is 9.47 Å². The van der Waals surface area contributed by atoms with E-state index in [9.17, 15) is 9.59 Å². The predicted octanol–water partition coefficient (Wildman–Crippen LogP) is 1.82. The molecule has 1 aromatic heterocycles. The van der Waals surface area contributed by atoms with Gasteiger partial charge in [-0.1, -0.05) is 0 Å². The Morgan fingerprint density at radius 3 is 2.38 bits per heavy atom. The number of carbonyl (C=O) groups excluding carboxylic acids is 2. The minimum Gasteiger partial charge on any atom is -0.349 e. The SMILES string of the molecule is COC(OC)C(=O)CC(=O)c1ccc(C)s1. The second-order valence-corrected chi connectivity index (χ2v) is 4.57. The Labute approximate surface area is 98.2 Å². The van der Waals surface area contributed by atoms with E-state index in [0.29, 0.717) is 4.88 Å². The molecule has 0 aliphatic rings. The fourth-order valence-corrected chi connectivity index (χ4v) is 2.08. The van der Waals surface area contributed by atoms with Gasteiger partial charge in [0.25, 0.3) is 0 Å². The Kier molecular flexibility index (Phi) is 4.79. The summed E-state index contributed by atoms with van der Waals surface area (Å²) in [6.45, 7) is 1.91. The molecule has 4 nitrogen and oxygen atoms in total. The molecule has 0 saturated heterocycles. The number of hydrogen-bond acceptors (Lipinski definition) is 5. The van der Waals surface area contributed by atoms with Crippen LogP contribution in [-0.2, 0) is 14.3 Å². The van der Waals surface area contributed by atoms with Crippen molar-refractivity contribution in [3.05, 3.63) is 21.9 Å². The van der Waals surface area contributed by atoms with Crippen LogP contribution in [0.3, 0.4) is 0 Å². The molecule has 5 heteroatoms. The summed E-state index contributed by atoms with van der Waals surface area (Å²) in [7, 11) is 2.73. The minimum absolute atomic E-state index is 0.188. The van der Waals surface area contributed by atoms with Crippen LogP contribution in [0.25, 0.3) is 0 Å². The molecule has 0 bridgehead atoms. The van der Waals surface area contributed by atoms with E-state index in [-0.39, 0.29) is 18.0 Å². The lowest BCUT2D eigenvalue weighted by atomic mass is 10.1. The smallest absolute Gasteiger partial charge is 0.217 e. The Hall–Kier alpha value is -1.04. The van der Waals surface area contributed by atoms with Crippen LogP contribution >= 0.6 is 11.3 Å². The summed E-state index contributed by atoms with van der Waals surface area (Å²) in [6.07, 6.45) is -1.14. The van der Waals surface area contributed by atoms with Crippen molar-refractivity contribution in [1.29, 1.82) is 0 Å². The summed E-state index contributed by atoms with van der Waals surface area (Å²) in [5.74, 6) is -0.553. The quantitative estimate of drug-likeness (QED) is 0.434. The van der Waals surface area contributed by atoms with Crippen LogP contribution in [0.4, 0.5) is 0 Å². The molecule has 0 saturated carbocycles. The zero-order valence-corrected chi connectivity index (χ0v) is 10.3. The van der Waals surface area contributed by atoms with Crippen molar-refractivity contribution in [2.75, 3.05) is 14.2 Å². The molecule has 16 heavy (non-hydrogen) atoms. The van der Waals surface area contributed by atoms with E-state index in [2.05, 4.69) is 0 Å². The molecule has 1 heterocycles. The van der Waals surface area contributed by atoms with Crippen molar-refractivity contribution in [3.8, 4) is 0 Å². The molecule has 0 aliphatic carbocycles. The van der Waals surface area contributed by atoms with Gasteiger partial charge < -0.3 is 9.47 Å². The number of rotatable bonds is 6. The first kappa shape index (κ1) is 13.0. The molecule has 0 spiro atoms. The highest BCUT2D eigenvalue weighted by molar-refractivity contribution is 7.14. The molecule has 0 unspecified atom stereocenters. The van der Waals surface area contributed by atoms with Crippen LogP contribution in [0.1, 0.15) is 21.0 Å². The summed E-state index contributed by atoms with van der Waals surface area (Å²) in [6, 6.07) is 3.58. The first-order chi connectivity index (χ1) is 7.58.